The van der Waals surface area contributed by atoms with E-state index in [2.05, 4.69) is 10.3 Å². The fourth-order valence-corrected chi connectivity index (χ4v) is 2.28. The molecule has 23 heavy (non-hydrogen) atoms. The maximum atomic E-state index is 12.2. The van der Waals surface area contributed by atoms with E-state index < -0.39 is 0 Å². The van der Waals surface area contributed by atoms with Crippen LogP contribution in [0.3, 0.4) is 0 Å². The fraction of sp³-hybridized carbons (Fsp3) is 0.125. The highest BCUT2D eigenvalue weighted by atomic mass is 35.5. The number of aromatic nitrogens is 1. The van der Waals surface area contributed by atoms with E-state index in [1.807, 2.05) is 0 Å². The van der Waals surface area contributed by atoms with Crippen molar-refractivity contribution in [1.82, 2.24) is 4.98 Å². The summed E-state index contributed by atoms with van der Waals surface area (Å²) in [5, 5.41) is 2.66. The number of hydrogen-bond donors (Lipinski definition) is 1. The van der Waals surface area contributed by atoms with Crippen molar-refractivity contribution in [1.29, 1.82) is 0 Å². The number of carbonyl (C=O) groups is 3. The van der Waals surface area contributed by atoms with Gasteiger partial charge in [-0.2, -0.15) is 0 Å². The second-order valence-corrected chi connectivity index (χ2v) is 4.84. The van der Waals surface area contributed by atoms with Crippen molar-refractivity contribution in [2.45, 2.75) is 12.8 Å². The summed E-state index contributed by atoms with van der Waals surface area (Å²) >= 11 is 0. The molecule has 6 nitrogen and oxygen atoms in total. The largest absolute Gasteiger partial charge is 0.307 e. The van der Waals surface area contributed by atoms with Crippen LogP contribution < -0.4 is 10.2 Å². The number of nitrogens with one attached hydrogen (secondary N) is 1. The van der Waals surface area contributed by atoms with Gasteiger partial charge in [-0.1, -0.05) is 12.1 Å². The maximum Gasteiger partial charge on any atom is 0.256 e. The zero-order valence-electron chi connectivity index (χ0n) is 12.1. The van der Waals surface area contributed by atoms with Crippen molar-refractivity contribution < 1.29 is 14.4 Å². The van der Waals surface area contributed by atoms with E-state index in [1.54, 1.807) is 42.6 Å². The summed E-state index contributed by atoms with van der Waals surface area (Å²) in [6, 6.07) is 11.6. The Hall–Kier alpha value is -2.73. The van der Waals surface area contributed by atoms with Crippen molar-refractivity contribution in [3.05, 3.63) is 54.2 Å². The Morgan fingerprint density at radius 3 is 2.43 bits per heavy atom. The minimum absolute atomic E-state index is 0. The van der Waals surface area contributed by atoms with Crippen molar-refractivity contribution in [3.8, 4) is 0 Å². The van der Waals surface area contributed by atoms with Crippen LogP contribution in [0.5, 0.6) is 0 Å². The molecule has 1 fully saturated rings. The average Bonchev–Trinajstić information content (AvgIpc) is 2.87. The lowest BCUT2D eigenvalue weighted by molar-refractivity contribution is -0.121. The van der Waals surface area contributed by atoms with E-state index in [1.165, 1.54) is 6.07 Å². The number of amides is 3. The van der Waals surface area contributed by atoms with Crippen molar-refractivity contribution in [2.24, 2.45) is 0 Å². The minimum atomic E-state index is -0.348. The first-order chi connectivity index (χ1) is 10.6. The lowest BCUT2D eigenvalue weighted by Crippen LogP contribution is -2.28. The highest BCUT2D eigenvalue weighted by Gasteiger charge is 2.30. The Morgan fingerprint density at radius 1 is 1.04 bits per heavy atom. The lowest BCUT2D eigenvalue weighted by atomic mass is 10.1. The second-order valence-electron chi connectivity index (χ2n) is 4.84. The van der Waals surface area contributed by atoms with Crippen LogP contribution in [0.15, 0.2) is 48.7 Å². The Kier molecular flexibility index (Phi) is 5.08. The molecule has 1 N–H and O–H groups in total. The van der Waals surface area contributed by atoms with Crippen molar-refractivity contribution in [2.75, 3.05) is 10.2 Å². The smallest absolute Gasteiger partial charge is 0.256 e. The first-order valence-corrected chi connectivity index (χ1v) is 6.83. The van der Waals surface area contributed by atoms with Crippen molar-refractivity contribution >= 4 is 41.6 Å². The number of benzene rings is 1. The molecule has 1 aromatic carbocycles. The fourth-order valence-electron chi connectivity index (χ4n) is 2.28. The summed E-state index contributed by atoms with van der Waals surface area (Å²) in [7, 11) is 0. The second kappa shape index (κ2) is 7.02. The Balaban J connectivity index is 0.00000192. The topological polar surface area (TPSA) is 79.4 Å². The summed E-state index contributed by atoms with van der Waals surface area (Å²) in [4.78, 5) is 40.8. The van der Waals surface area contributed by atoms with Crippen LogP contribution in [0.2, 0.25) is 0 Å². The molecule has 0 bridgehead atoms. The van der Waals surface area contributed by atoms with Gasteiger partial charge < -0.3 is 5.32 Å². The summed E-state index contributed by atoms with van der Waals surface area (Å²) in [5.41, 5.74) is 0.775. The number of halogens is 1. The van der Waals surface area contributed by atoms with Gasteiger partial charge in [0.15, 0.2) is 0 Å². The van der Waals surface area contributed by atoms with E-state index in [-0.39, 0.29) is 43.0 Å². The molecule has 0 radical (unpaired) electrons. The van der Waals surface area contributed by atoms with Crippen LogP contribution in [0.1, 0.15) is 23.2 Å². The maximum absolute atomic E-state index is 12.2. The van der Waals surface area contributed by atoms with Gasteiger partial charge in [-0.15, -0.1) is 12.4 Å². The molecule has 1 aliphatic heterocycles. The SMILES string of the molecule is Cl.O=C(Nc1ccccn1)c1cccc(N2C(=O)CCC2=O)c1. The third-order valence-corrected chi connectivity index (χ3v) is 3.32. The van der Waals surface area contributed by atoms with Crippen LogP contribution in [-0.4, -0.2) is 22.7 Å². The number of nitrogens with zero attached hydrogens (tertiary/aromatic N) is 2. The molecule has 1 aliphatic rings. The van der Waals surface area contributed by atoms with Gasteiger partial charge in [0.2, 0.25) is 11.8 Å². The molecule has 0 aliphatic carbocycles. The van der Waals surface area contributed by atoms with E-state index in [9.17, 15) is 14.4 Å². The molecule has 1 aromatic heterocycles. The summed E-state index contributed by atoms with van der Waals surface area (Å²) in [6.45, 7) is 0. The first-order valence-electron chi connectivity index (χ1n) is 6.83. The predicted molar refractivity (Wildman–Crippen MR) is 87.6 cm³/mol. The number of rotatable bonds is 3. The summed E-state index contributed by atoms with van der Waals surface area (Å²) in [6.07, 6.45) is 2.00. The number of carbonyl (C=O) groups excluding carboxylic acids is 3. The van der Waals surface area contributed by atoms with Gasteiger partial charge in [-0.05, 0) is 30.3 Å². The minimum Gasteiger partial charge on any atom is -0.307 e. The molecule has 1 saturated heterocycles. The van der Waals surface area contributed by atoms with Crippen LogP contribution in [0, 0.1) is 0 Å². The average molecular weight is 332 g/mol. The Morgan fingerprint density at radius 2 is 1.78 bits per heavy atom. The van der Waals surface area contributed by atoms with Gasteiger partial charge in [-0.3, -0.25) is 19.3 Å². The molecular weight excluding hydrogens is 318 g/mol. The molecule has 0 unspecified atom stereocenters. The quantitative estimate of drug-likeness (QED) is 0.876. The molecule has 0 spiro atoms. The third kappa shape index (κ3) is 3.54. The monoisotopic (exact) mass is 331 g/mol. The number of pyridine rings is 1. The van der Waals surface area contributed by atoms with E-state index in [0.29, 0.717) is 17.1 Å². The zero-order valence-corrected chi connectivity index (χ0v) is 12.9. The van der Waals surface area contributed by atoms with E-state index in [0.717, 1.165) is 4.90 Å². The van der Waals surface area contributed by atoms with Gasteiger partial charge >= 0.3 is 0 Å². The molecule has 2 heterocycles. The molecule has 118 valence electrons. The van der Waals surface area contributed by atoms with Crippen molar-refractivity contribution in [3.63, 3.8) is 0 Å². The Bertz CT molecular complexity index is 733. The lowest BCUT2D eigenvalue weighted by Gasteiger charge is -2.14. The van der Waals surface area contributed by atoms with Crippen LogP contribution >= 0.6 is 12.4 Å². The predicted octanol–water partition coefficient (Wildman–Crippen LogP) is 2.41. The molecule has 7 heteroatoms. The number of anilines is 2. The summed E-state index contributed by atoms with van der Waals surface area (Å²) < 4.78 is 0. The van der Waals surface area contributed by atoms with Gasteiger partial charge in [0, 0.05) is 24.6 Å². The molecular formula is C16H14ClN3O3. The standard InChI is InChI=1S/C16H13N3O3.ClH/c20-14-7-8-15(21)19(14)12-5-3-4-11(10-12)16(22)18-13-6-1-2-9-17-13;/h1-6,9-10H,7-8H2,(H,17,18,22);1H. The highest BCUT2D eigenvalue weighted by Crippen LogP contribution is 2.23. The third-order valence-electron chi connectivity index (χ3n) is 3.32. The molecule has 2 aromatic rings. The molecule has 3 rings (SSSR count). The normalized spacial score (nSPS) is 13.7. The molecule has 0 saturated carbocycles. The van der Waals surface area contributed by atoms with Gasteiger partial charge in [0.05, 0.1) is 5.69 Å². The van der Waals surface area contributed by atoms with Gasteiger partial charge in [0.1, 0.15) is 5.82 Å². The number of imide groups is 1. The van der Waals surface area contributed by atoms with Gasteiger partial charge in [0.25, 0.3) is 5.91 Å². The Labute approximate surface area is 138 Å². The van der Waals surface area contributed by atoms with Crippen LogP contribution in [0.4, 0.5) is 11.5 Å². The van der Waals surface area contributed by atoms with Gasteiger partial charge in [-0.25, -0.2) is 4.98 Å². The first kappa shape index (κ1) is 16.6. The van der Waals surface area contributed by atoms with Crippen LogP contribution in [-0.2, 0) is 9.59 Å². The zero-order chi connectivity index (χ0) is 15.5. The molecule has 3 amide bonds. The van der Waals surface area contributed by atoms with Crippen LogP contribution in [0.25, 0.3) is 0 Å². The summed E-state index contributed by atoms with van der Waals surface area (Å²) in [5.74, 6) is -0.398. The molecule has 0 atom stereocenters. The highest BCUT2D eigenvalue weighted by molar-refractivity contribution is 6.20. The van der Waals surface area contributed by atoms with E-state index >= 15 is 0 Å². The van der Waals surface area contributed by atoms with E-state index in [4.69, 9.17) is 0 Å². The number of hydrogen-bond acceptors (Lipinski definition) is 4.